The van der Waals surface area contributed by atoms with Gasteiger partial charge in [-0.1, -0.05) is 23.4 Å². The molecule has 0 atom stereocenters. The molecular formula is C17H9IrN3OS-2. The van der Waals surface area contributed by atoms with E-state index in [0.717, 1.165) is 38.8 Å². The Kier molecular flexibility index (Phi) is 3.53. The molecule has 3 heterocycles. The second kappa shape index (κ2) is 5.57. The van der Waals surface area contributed by atoms with Crippen molar-refractivity contribution in [3.63, 3.8) is 0 Å². The summed E-state index contributed by atoms with van der Waals surface area (Å²) in [5, 5.41) is 7.15. The van der Waals surface area contributed by atoms with Gasteiger partial charge in [-0.25, -0.2) is 4.98 Å². The van der Waals surface area contributed by atoms with Crippen LogP contribution in [-0.4, -0.2) is 10.8 Å². The third-order valence-corrected chi connectivity index (χ3v) is 4.65. The number of nitrogens with zero attached hydrogens (tertiary/aromatic N) is 3. The summed E-state index contributed by atoms with van der Waals surface area (Å²) in [7, 11) is 0. The molecule has 2 aromatic carbocycles. The number of hydrogen-bond donors (Lipinski definition) is 0. The van der Waals surface area contributed by atoms with E-state index in [9.17, 15) is 0 Å². The van der Waals surface area contributed by atoms with Crippen LogP contribution in [0.2, 0.25) is 0 Å². The summed E-state index contributed by atoms with van der Waals surface area (Å²) < 4.78 is 0. The van der Waals surface area contributed by atoms with Gasteiger partial charge < -0.3 is 9.74 Å². The van der Waals surface area contributed by atoms with Crippen LogP contribution >= 0.6 is 11.3 Å². The molecule has 0 aliphatic carbocycles. The first-order chi connectivity index (χ1) is 10.9. The van der Waals surface area contributed by atoms with Gasteiger partial charge >= 0.3 is 0 Å². The standard InChI is InChI=1S/C17H9N3OS.Ir/c1-2-4-15-13(3-1)12-6-5-11(17-18-7-8-22-17)9-14(12)16-19-21-10-20(15)16;/h1-3,5-10H;/q-2;. The predicted molar refractivity (Wildman–Crippen MR) is 86.2 cm³/mol. The van der Waals surface area contributed by atoms with Gasteiger partial charge in [-0.2, -0.15) is 24.3 Å². The molecule has 1 aromatic heterocycles. The van der Waals surface area contributed by atoms with Crippen molar-refractivity contribution in [3.05, 3.63) is 66.3 Å². The van der Waals surface area contributed by atoms with Crippen molar-refractivity contribution in [2.45, 2.75) is 0 Å². The summed E-state index contributed by atoms with van der Waals surface area (Å²) in [6, 6.07) is 15.6. The maximum atomic E-state index is 5.19. The van der Waals surface area contributed by atoms with E-state index < -0.39 is 0 Å². The van der Waals surface area contributed by atoms with Crippen molar-refractivity contribution in [1.82, 2.24) is 4.98 Å². The average Bonchev–Trinajstić information content (AvgIpc) is 3.26. The van der Waals surface area contributed by atoms with Gasteiger partial charge in [-0.3, -0.25) is 0 Å². The molecule has 1 radical (unpaired) electrons. The van der Waals surface area contributed by atoms with Crippen LogP contribution in [0.25, 0.3) is 21.7 Å². The number of oxime groups is 1. The molecule has 3 aromatic rings. The van der Waals surface area contributed by atoms with Crippen LogP contribution in [0.5, 0.6) is 0 Å². The molecule has 2 aliphatic rings. The molecule has 23 heavy (non-hydrogen) atoms. The largest absolute Gasteiger partial charge is 0.544 e. The van der Waals surface area contributed by atoms with Crippen molar-refractivity contribution in [1.29, 1.82) is 0 Å². The van der Waals surface area contributed by atoms with Crippen LogP contribution < -0.4 is 4.90 Å². The first kappa shape index (κ1) is 14.6. The molecule has 0 spiro atoms. The number of anilines is 1. The quantitative estimate of drug-likeness (QED) is 0.481. The second-order valence-corrected chi connectivity index (χ2v) is 5.92. The number of thiazole rings is 1. The fourth-order valence-corrected chi connectivity index (χ4v) is 3.50. The van der Waals surface area contributed by atoms with Crippen LogP contribution in [0.3, 0.4) is 0 Å². The molecule has 6 heteroatoms. The van der Waals surface area contributed by atoms with Crippen LogP contribution in [0.15, 0.2) is 53.1 Å². The number of benzene rings is 2. The van der Waals surface area contributed by atoms with Crippen LogP contribution in [-0.2, 0) is 24.9 Å². The molecule has 0 saturated heterocycles. The molecule has 0 amide bonds. The number of fused-ring (bicyclic) bond motifs is 6. The van der Waals surface area contributed by atoms with Crippen LogP contribution in [0.1, 0.15) is 5.56 Å². The Balaban J connectivity index is 0.00000135. The Morgan fingerprint density at radius 3 is 3.00 bits per heavy atom. The van der Waals surface area contributed by atoms with E-state index in [-0.39, 0.29) is 20.1 Å². The maximum absolute atomic E-state index is 5.19. The molecule has 2 aliphatic heterocycles. The van der Waals surface area contributed by atoms with Crippen LogP contribution in [0.4, 0.5) is 5.69 Å². The fourth-order valence-electron chi connectivity index (χ4n) is 2.86. The fraction of sp³-hybridized carbons (Fsp3) is 0. The molecule has 115 valence electrons. The molecule has 5 rings (SSSR count). The number of rotatable bonds is 1. The zero-order chi connectivity index (χ0) is 14.5. The third kappa shape index (κ3) is 2.14. The minimum atomic E-state index is 0. The molecule has 0 saturated carbocycles. The van der Waals surface area contributed by atoms with Gasteiger partial charge in [0.05, 0.1) is 0 Å². The van der Waals surface area contributed by atoms with Crippen molar-refractivity contribution in [3.8, 4) is 21.7 Å². The van der Waals surface area contributed by atoms with Gasteiger partial charge in [-0.05, 0) is 12.8 Å². The van der Waals surface area contributed by atoms with E-state index in [1.165, 1.54) is 0 Å². The topological polar surface area (TPSA) is 37.7 Å². The molecule has 4 nitrogen and oxygen atoms in total. The van der Waals surface area contributed by atoms with Gasteiger partial charge in [-0.15, -0.1) is 22.1 Å². The molecule has 0 fully saturated rings. The Labute approximate surface area is 150 Å². The SMILES string of the molecule is [Ir].[c-]1cccc2c1N1[CH-]ON=C1c1cc(-c3nccs3)ccc1-2. The van der Waals surface area contributed by atoms with Crippen LogP contribution in [0, 0.1) is 12.8 Å². The minimum absolute atomic E-state index is 0. The summed E-state index contributed by atoms with van der Waals surface area (Å²) in [5.74, 6) is 0.795. The van der Waals surface area contributed by atoms with Gasteiger partial charge in [0.2, 0.25) is 0 Å². The van der Waals surface area contributed by atoms with Gasteiger partial charge in [0.25, 0.3) is 0 Å². The van der Waals surface area contributed by atoms with Crippen molar-refractivity contribution in [2.24, 2.45) is 5.16 Å². The zero-order valence-corrected chi connectivity index (χ0v) is 14.9. The van der Waals surface area contributed by atoms with Gasteiger partial charge in [0.1, 0.15) is 10.8 Å². The van der Waals surface area contributed by atoms with Crippen molar-refractivity contribution in [2.75, 3.05) is 4.90 Å². The zero-order valence-electron chi connectivity index (χ0n) is 11.7. The average molecular weight is 496 g/mol. The predicted octanol–water partition coefficient (Wildman–Crippen LogP) is 3.91. The maximum Gasteiger partial charge on any atom is 0.148 e. The smallest absolute Gasteiger partial charge is 0.148 e. The normalized spacial score (nSPS) is 14.1. The summed E-state index contributed by atoms with van der Waals surface area (Å²) in [4.78, 5) is 11.5. The first-order valence-corrected chi connectivity index (χ1v) is 7.71. The van der Waals surface area contributed by atoms with Crippen molar-refractivity contribution < 1.29 is 24.9 Å². The van der Waals surface area contributed by atoms with E-state index in [0.29, 0.717) is 0 Å². The van der Waals surface area contributed by atoms with Gasteiger partial charge in [0.15, 0.2) is 0 Å². The third-order valence-electron chi connectivity index (χ3n) is 3.83. The monoisotopic (exact) mass is 496 g/mol. The Bertz CT molecular complexity index is 908. The molecule has 0 N–H and O–H groups in total. The van der Waals surface area contributed by atoms with E-state index >= 15 is 0 Å². The van der Waals surface area contributed by atoms with Crippen molar-refractivity contribution >= 4 is 22.9 Å². The Hall–Kier alpha value is -2.01. The molecule has 0 unspecified atom stereocenters. The van der Waals surface area contributed by atoms with E-state index in [1.807, 2.05) is 28.6 Å². The minimum Gasteiger partial charge on any atom is -0.544 e. The summed E-state index contributed by atoms with van der Waals surface area (Å²) >= 11 is 1.63. The summed E-state index contributed by atoms with van der Waals surface area (Å²) in [6.45, 7) is 1.61. The second-order valence-electron chi connectivity index (χ2n) is 5.03. The molecular weight excluding hydrogens is 486 g/mol. The number of hydrogen-bond acceptors (Lipinski definition) is 5. The first-order valence-electron chi connectivity index (χ1n) is 6.83. The van der Waals surface area contributed by atoms with E-state index in [1.54, 1.807) is 18.1 Å². The van der Waals surface area contributed by atoms with Gasteiger partial charge in [0, 0.05) is 42.8 Å². The Morgan fingerprint density at radius 1 is 1.17 bits per heavy atom. The Morgan fingerprint density at radius 2 is 2.13 bits per heavy atom. The summed E-state index contributed by atoms with van der Waals surface area (Å²) in [6.07, 6.45) is 1.82. The number of aromatic nitrogens is 1. The van der Waals surface area contributed by atoms with E-state index in [2.05, 4.69) is 40.5 Å². The number of para-hydroxylation sites is 1. The molecule has 0 bridgehead atoms. The van der Waals surface area contributed by atoms with E-state index in [4.69, 9.17) is 4.84 Å². The number of amidine groups is 1. The summed E-state index contributed by atoms with van der Waals surface area (Å²) in [5.41, 5.74) is 5.37.